The Kier molecular flexibility index (Phi) is 6.86. The Morgan fingerprint density at radius 1 is 1.12 bits per heavy atom. The maximum absolute atomic E-state index is 12.9. The lowest BCUT2D eigenvalue weighted by molar-refractivity contribution is -0.116. The molecule has 0 bridgehead atoms. The lowest BCUT2D eigenvalue weighted by Gasteiger charge is -2.30. The van der Waals surface area contributed by atoms with E-state index in [1.807, 2.05) is 19.1 Å². The monoisotopic (exact) mass is 463 g/mol. The number of carbonyl (C=O) groups excluding carboxylic acids is 2. The summed E-state index contributed by atoms with van der Waals surface area (Å²) in [5.74, 6) is -0.208. The van der Waals surface area contributed by atoms with Gasteiger partial charge in [0, 0.05) is 42.1 Å². The normalized spacial score (nSPS) is 13.6. The number of hydrogen-bond donors (Lipinski definition) is 2. The van der Waals surface area contributed by atoms with Gasteiger partial charge in [0.25, 0.3) is 0 Å². The van der Waals surface area contributed by atoms with E-state index in [4.69, 9.17) is 14.9 Å². The molecule has 0 atom stereocenters. The quantitative estimate of drug-likeness (QED) is 0.516. The molecule has 8 nitrogen and oxygen atoms in total. The summed E-state index contributed by atoms with van der Waals surface area (Å²) in [7, 11) is 1.55. The van der Waals surface area contributed by atoms with Gasteiger partial charge in [-0.3, -0.25) is 9.59 Å². The number of methoxy groups -OCH3 is 1. The van der Waals surface area contributed by atoms with Crippen molar-refractivity contribution >= 4 is 34.2 Å². The molecule has 2 aromatic carbocycles. The van der Waals surface area contributed by atoms with Crippen LogP contribution in [-0.4, -0.2) is 32.0 Å². The molecule has 0 radical (unpaired) electrons. The lowest BCUT2D eigenvalue weighted by Crippen LogP contribution is -2.30. The summed E-state index contributed by atoms with van der Waals surface area (Å²) >= 11 is 0. The van der Waals surface area contributed by atoms with Crippen LogP contribution in [0.3, 0.4) is 0 Å². The van der Waals surface area contributed by atoms with E-state index in [1.165, 1.54) is 6.42 Å². The van der Waals surface area contributed by atoms with Crippen molar-refractivity contribution in [1.82, 2.24) is 0 Å². The third kappa shape index (κ3) is 4.90. The first kappa shape index (κ1) is 23.4. The predicted octanol–water partition coefficient (Wildman–Crippen LogP) is 3.77. The molecule has 3 aromatic rings. The first-order chi connectivity index (χ1) is 16.4. The Hall–Kier alpha value is -3.81. The van der Waals surface area contributed by atoms with Crippen molar-refractivity contribution in [2.45, 2.75) is 39.0 Å². The molecule has 1 aliphatic heterocycles. The number of carbonyl (C=O) groups is 2. The van der Waals surface area contributed by atoms with Gasteiger partial charge in [-0.2, -0.15) is 0 Å². The Morgan fingerprint density at radius 2 is 1.88 bits per heavy atom. The zero-order chi connectivity index (χ0) is 24.2. The maximum atomic E-state index is 12.9. The number of primary amides is 1. The van der Waals surface area contributed by atoms with E-state index in [0.29, 0.717) is 28.1 Å². The van der Waals surface area contributed by atoms with Crippen LogP contribution in [0.4, 0.5) is 11.4 Å². The van der Waals surface area contributed by atoms with Crippen molar-refractivity contribution in [2.24, 2.45) is 5.73 Å². The van der Waals surface area contributed by atoms with Gasteiger partial charge < -0.3 is 25.1 Å². The van der Waals surface area contributed by atoms with Gasteiger partial charge in [-0.05, 0) is 68.5 Å². The first-order valence-corrected chi connectivity index (χ1v) is 11.5. The third-order valence-corrected chi connectivity index (χ3v) is 6.35. The van der Waals surface area contributed by atoms with Gasteiger partial charge in [0.15, 0.2) is 0 Å². The number of amides is 2. The van der Waals surface area contributed by atoms with Crippen molar-refractivity contribution in [3.63, 3.8) is 0 Å². The van der Waals surface area contributed by atoms with Crippen LogP contribution < -0.4 is 26.3 Å². The second-order valence-electron chi connectivity index (χ2n) is 8.55. The minimum Gasteiger partial charge on any atom is -0.497 e. The van der Waals surface area contributed by atoms with Crippen LogP contribution in [-0.2, 0) is 11.2 Å². The van der Waals surface area contributed by atoms with Gasteiger partial charge in [-0.25, -0.2) is 4.79 Å². The summed E-state index contributed by atoms with van der Waals surface area (Å²) in [6, 6.07) is 10.5. The molecule has 2 amide bonds. The summed E-state index contributed by atoms with van der Waals surface area (Å²) in [6.07, 6.45) is 3.66. The van der Waals surface area contributed by atoms with E-state index in [-0.39, 0.29) is 18.7 Å². The summed E-state index contributed by atoms with van der Waals surface area (Å²) in [4.78, 5) is 39.4. The van der Waals surface area contributed by atoms with Crippen LogP contribution >= 0.6 is 0 Å². The van der Waals surface area contributed by atoms with Crippen molar-refractivity contribution in [3.05, 3.63) is 63.5 Å². The van der Waals surface area contributed by atoms with Gasteiger partial charge in [0.05, 0.1) is 18.5 Å². The fourth-order valence-corrected chi connectivity index (χ4v) is 4.44. The zero-order valence-corrected chi connectivity index (χ0v) is 19.5. The average molecular weight is 464 g/mol. The number of hydrogen-bond acceptors (Lipinski definition) is 6. The summed E-state index contributed by atoms with van der Waals surface area (Å²) < 4.78 is 10.7. The molecule has 0 saturated carbocycles. The molecule has 0 aliphatic carbocycles. The second-order valence-corrected chi connectivity index (χ2v) is 8.55. The molecule has 1 aromatic heterocycles. The molecule has 34 heavy (non-hydrogen) atoms. The third-order valence-electron chi connectivity index (χ3n) is 6.35. The number of ether oxygens (including phenoxy) is 1. The minimum absolute atomic E-state index is 0.0908. The standard InChI is InChI=1S/C26H29N3O5/c1-16-19-8-7-18(33-2)15-23(19)34-26(32)20(16)9-11-24(30)28-21-14-17(25(27)31)6-10-22(21)29-12-4-3-5-13-29/h6-8,10,14-15H,3-5,9,11-13H2,1-2H3,(H2,27,31)(H,28,30). The highest BCUT2D eigenvalue weighted by Gasteiger charge is 2.19. The number of aryl methyl sites for hydroxylation is 1. The van der Waals surface area contributed by atoms with Crippen LogP contribution in [0, 0.1) is 6.92 Å². The number of anilines is 2. The number of rotatable bonds is 7. The maximum Gasteiger partial charge on any atom is 0.339 e. The average Bonchev–Trinajstić information content (AvgIpc) is 2.84. The van der Waals surface area contributed by atoms with Crippen molar-refractivity contribution in [1.29, 1.82) is 0 Å². The van der Waals surface area contributed by atoms with Crippen LogP contribution in [0.25, 0.3) is 11.0 Å². The topological polar surface area (TPSA) is 115 Å². The van der Waals surface area contributed by atoms with Gasteiger partial charge >= 0.3 is 5.63 Å². The highest BCUT2D eigenvalue weighted by Crippen LogP contribution is 2.30. The number of piperidine rings is 1. The minimum atomic E-state index is -0.554. The molecular weight excluding hydrogens is 434 g/mol. The summed E-state index contributed by atoms with van der Waals surface area (Å²) in [5.41, 5.74) is 8.45. The molecule has 0 spiro atoms. The van der Waals surface area contributed by atoms with Crippen molar-refractivity contribution < 1.29 is 18.7 Å². The zero-order valence-electron chi connectivity index (χ0n) is 19.5. The van der Waals surface area contributed by atoms with Crippen LogP contribution in [0.15, 0.2) is 45.6 Å². The van der Waals surface area contributed by atoms with Crippen LogP contribution in [0.2, 0.25) is 0 Å². The van der Waals surface area contributed by atoms with Gasteiger partial charge in [0.2, 0.25) is 11.8 Å². The Balaban J connectivity index is 1.54. The molecule has 2 heterocycles. The Bertz CT molecular complexity index is 1290. The van der Waals surface area contributed by atoms with E-state index < -0.39 is 11.5 Å². The summed E-state index contributed by atoms with van der Waals surface area (Å²) in [6.45, 7) is 3.63. The predicted molar refractivity (Wildman–Crippen MR) is 132 cm³/mol. The van der Waals surface area contributed by atoms with Gasteiger partial charge in [0.1, 0.15) is 11.3 Å². The number of fused-ring (bicyclic) bond motifs is 1. The Labute approximate surface area is 197 Å². The fraction of sp³-hybridized carbons (Fsp3) is 0.346. The van der Waals surface area contributed by atoms with Crippen LogP contribution in [0.5, 0.6) is 5.75 Å². The fourth-order valence-electron chi connectivity index (χ4n) is 4.44. The smallest absolute Gasteiger partial charge is 0.339 e. The number of benzene rings is 2. The molecule has 1 saturated heterocycles. The number of nitrogens with two attached hydrogens (primary N) is 1. The van der Waals surface area contributed by atoms with E-state index in [1.54, 1.807) is 31.4 Å². The van der Waals surface area contributed by atoms with E-state index >= 15 is 0 Å². The number of nitrogens with one attached hydrogen (secondary N) is 1. The largest absolute Gasteiger partial charge is 0.497 e. The lowest BCUT2D eigenvalue weighted by atomic mass is 10.0. The van der Waals surface area contributed by atoms with Crippen molar-refractivity contribution in [2.75, 3.05) is 30.4 Å². The highest BCUT2D eigenvalue weighted by atomic mass is 16.5. The van der Waals surface area contributed by atoms with E-state index in [2.05, 4.69) is 10.2 Å². The molecule has 1 fully saturated rings. The number of nitrogens with zero attached hydrogens (tertiary/aromatic N) is 1. The molecule has 3 N–H and O–H groups in total. The van der Waals surface area contributed by atoms with Crippen LogP contribution in [0.1, 0.15) is 47.2 Å². The first-order valence-electron chi connectivity index (χ1n) is 11.5. The molecule has 4 rings (SSSR count). The Morgan fingerprint density at radius 3 is 2.59 bits per heavy atom. The molecular formula is C26H29N3O5. The summed E-state index contributed by atoms with van der Waals surface area (Å²) in [5, 5.41) is 3.73. The molecule has 178 valence electrons. The molecule has 1 aliphatic rings. The molecule has 8 heteroatoms. The van der Waals surface area contributed by atoms with Crippen molar-refractivity contribution in [3.8, 4) is 5.75 Å². The SMILES string of the molecule is COc1ccc2c(C)c(CCC(=O)Nc3cc(C(N)=O)ccc3N3CCCCC3)c(=O)oc2c1. The van der Waals surface area contributed by atoms with E-state index in [0.717, 1.165) is 42.6 Å². The van der Waals surface area contributed by atoms with E-state index in [9.17, 15) is 14.4 Å². The van der Waals surface area contributed by atoms with Gasteiger partial charge in [-0.15, -0.1) is 0 Å². The highest BCUT2D eigenvalue weighted by molar-refractivity contribution is 5.99. The second kappa shape index (κ2) is 9.99. The molecule has 0 unspecified atom stereocenters. The van der Waals surface area contributed by atoms with Gasteiger partial charge in [-0.1, -0.05) is 0 Å².